The molecule has 14 rings (SSSR count). The Balaban J connectivity index is 0.943. The quantitative estimate of drug-likeness (QED) is 0.160. The normalized spacial score (nSPS) is 12.7. The molecule has 0 radical (unpaired) electrons. The molecule has 8 nitrogen and oxygen atoms in total. The van der Waals surface area contributed by atoms with Crippen LogP contribution in [0, 0.1) is 6.92 Å². The van der Waals surface area contributed by atoms with Crippen molar-refractivity contribution in [2.24, 2.45) is 0 Å². The maximum absolute atomic E-state index is 6.71. The van der Waals surface area contributed by atoms with Crippen LogP contribution in [-0.2, 0) is 0 Å². The van der Waals surface area contributed by atoms with Gasteiger partial charge in [-0.2, -0.15) is 0 Å². The van der Waals surface area contributed by atoms with Crippen LogP contribution in [0.5, 0.6) is 11.5 Å². The molecule has 8 heteroatoms. The first-order valence-corrected chi connectivity index (χ1v) is 23.4. The molecule has 0 spiro atoms. The number of aromatic nitrogens is 5. The molecule has 0 N–H and O–H groups in total. The zero-order valence-electron chi connectivity index (χ0n) is 38.0. The summed E-state index contributed by atoms with van der Waals surface area (Å²) in [6, 6.07) is 71.1. The number of hydrogen-bond acceptors (Lipinski definition) is 5. The number of fused-ring (bicyclic) bond motifs is 10. The van der Waals surface area contributed by atoms with Crippen molar-refractivity contribution in [2.45, 2.75) is 6.92 Å². The molecule has 0 saturated carbocycles. The number of para-hydroxylation sites is 6. The third-order valence-corrected chi connectivity index (χ3v) is 14.1. The molecule has 1 aliphatic heterocycles. The number of ether oxygens (including phenoxy) is 1. The lowest BCUT2D eigenvalue weighted by atomic mass is 9.98. The number of rotatable bonds is 7. The molecular formula is C61H43N7O. The predicted octanol–water partition coefficient (Wildman–Crippen LogP) is 15.1. The van der Waals surface area contributed by atoms with Crippen molar-refractivity contribution in [1.29, 1.82) is 0 Å². The largest absolute Gasteiger partial charge is 0.457 e. The Kier molecular flexibility index (Phi) is 8.61. The molecule has 69 heavy (non-hydrogen) atoms. The van der Waals surface area contributed by atoms with Crippen LogP contribution in [0.1, 0.15) is 5.56 Å². The summed E-state index contributed by atoms with van der Waals surface area (Å²) in [5, 5.41) is 5.89. The van der Waals surface area contributed by atoms with Gasteiger partial charge in [-0.05, 0) is 103 Å². The van der Waals surface area contributed by atoms with E-state index in [9.17, 15) is 0 Å². The lowest BCUT2D eigenvalue weighted by Gasteiger charge is -2.21. The van der Waals surface area contributed by atoms with Crippen molar-refractivity contribution >= 4 is 82.6 Å². The van der Waals surface area contributed by atoms with E-state index in [2.05, 4.69) is 226 Å². The van der Waals surface area contributed by atoms with E-state index in [4.69, 9.17) is 14.7 Å². The third kappa shape index (κ3) is 5.95. The van der Waals surface area contributed by atoms with Gasteiger partial charge < -0.3 is 23.7 Å². The van der Waals surface area contributed by atoms with Gasteiger partial charge in [0.25, 0.3) is 0 Å². The second kappa shape index (κ2) is 15.2. The molecule has 0 fully saturated rings. The second-order valence-corrected chi connectivity index (χ2v) is 18.0. The van der Waals surface area contributed by atoms with Crippen LogP contribution < -0.4 is 14.5 Å². The van der Waals surface area contributed by atoms with Crippen LogP contribution >= 0.6 is 0 Å². The summed E-state index contributed by atoms with van der Waals surface area (Å²) in [5.41, 5.74) is 16.3. The SMILES string of the molecule is Cc1cc(-n2c3cc(Oc4cccc(N5CN(C)c6ccccc65)c4)ccc3c3ncccc32)ncc1-c1c(-n2c3ccccc3c3ccccc32)cccc1-n1c2ccccc2c2ccccc21. The van der Waals surface area contributed by atoms with E-state index in [-0.39, 0.29) is 0 Å². The van der Waals surface area contributed by atoms with Crippen molar-refractivity contribution < 1.29 is 4.74 Å². The topological polar surface area (TPSA) is 56.3 Å². The Morgan fingerprint density at radius 3 is 1.62 bits per heavy atom. The molecule has 0 bridgehead atoms. The number of aryl methyl sites for hydroxylation is 1. The van der Waals surface area contributed by atoms with Crippen LogP contribution in [0.25, 0.3) is 93.9 Å². The van der Waals surface area contributed by atoms with Gasteiger partial charge in [-0.1, -0.05) is 97.1 Å². The van der Waals surface area contributed by atoms with Crippen LogP contribution in [0.3, 0.4) is 0 Å². The third-order valence-electron chi connectivity index (χ3n) is 14.1. The average molecular weight is 890 g/mol. The fourth-order valence-electron chi connectivity index (χ4n) is 11.0. The summed E-state index contributed by atoms with van der Waals surface area (Å²) >= 11 is 0. The number of pyridine rings is 2. The van der Waals surface area contributed by atoms with E-state index >= 15 is 0 Å². The second-order valence-electron chi connectivity index (χ2n) is 18.0. The van der Waals surface area contributed by atoms with Gasteiger partial charge in [0.2, 0.25) is 0 Å². The van der Waals surface area contributed by atoms with E-state index in [0.29, 0.717) is 0 Å². The highest BCUT2D eigenvalue weighted by Crippen LogP contribution is 2.45. The summed E-state index contributed by atoms with van der Waals surface area (Å²) < 4.78 is 13.8. The Morgan fingerprint density at radius 2 is 0.986 bits per heavy atom. The van der Waals surface area contributed by atoms with E-state index in [1.165, 1.54) is 32.9 Å². The van der Waals surface area contributed by atoms with Crippen molar-refractivity contribution in [2.75, 3.05) is 23.5 Å². The zero-order chi connectivity index (χ0) is 45.7. The van der Waals surface area contributed by atoms with Crippen molar-refractivity contribution in [3.05, 3.63) is 218 Å². The fourth-order valence-corrected chi connectivity index (χ4v) is 11.0. The molecule has 0 saturated heterocycles. The molecule has 0 unspecified atom stereocenters. The molecule has 5 aromatic heterocycles. The van der Waals surface area contributed by atoms with Crippen molar-refractivity contribution in [3.63, 3.8) is 0 Å². The number of hydrogen-bond donors (Lipinski definition) is 0. The highest BCUT2D eigenvalue weighted by atomic mass is 16.5. The smallest absolute Gasteiger partial charge is 0.137 e. The first kappa shape index (κ1) is 39.1. The van der Waals surface area contributed by atoms with Gasteiger partial charge in [-0.25, -0.2) is 4.98 Å². The molecule has 328 valence electrons. The van der Waals surface area contributed by atoms with Gasteiger partial charge in [0.1, 0.15) is 17.3 Å². The minimum absolute atomic E-state index is 0.729. The molecule has 0 aliphatic carbocycles. The first-order chi connectivity index (χ1) is 34.1. The number of benzene rings is 8. The van der Waals surface area contributed by atoms with Crippen molar-refractivity contribution in [1.82, 2.24) is 23.7 Å². The van der Waals surface area contributed by atoms with E-state index in [1.54, 1.807) is 0 Å². The van der Waals surface area contributed by atoms with Gasteiger partial charge >= 0.3 is 0 Å². The molecule has 6 heterocycles. The van der Waals surface area contributed by atoms with Gasteiger partial charge in [-0.3, -0.25) is 9.55 Å². The average Bonchev–Trinajstić information content (AvgIpc) is 4.12. The Labute approximate surface area is 397 Å². The van der Waals surface area contributed by atoms with Crippen molar-refractivity contribution in [3.8, 4) is 39.8 Å². The van der Waals surface area contributed by atoms with Gasteiger partial charge in [0, 0.05) is 75.3 Å². The molecular weight excluding hydrogens is 847 g/mol. The summed E-state index contributed by atoms with van der Waals surface area (Å²) in [5.74, 6) is 2.29. The molecule has 0 atom stereocenters. The van der Waals surface area contributed by atoms with Crippen LogP contribution in [0.4, 0.5) is 17.1 Å². The lowest BCUT2D eigenvalue weighted by Crippen LogP contribution is -2.23. The van der Waals surface area contributed by atoms with Gasteiger partial charge in [0.15, 0.2) is 0 Å². The summed E-state index contributed by atoms with van der Waals surface area (Å²) in [6.45, 7) is 2.98. The maximum atomic E-state index is 6.71. The Hall–Kier alpha value is -9.14. The number of nitrogens with zero attached hydrogens (tertiary/aromatic N) is 7. The lowest BCUT2D eigenvalue weighted by molar-refractivity contribution is 0.483. The molecule has 0 amide bonds. The van der Waals surface area contributed by atoms with E-state index in [1.807, 2.05) is 24.4 Å². The van der Waals surface area contributed by atoms with Gasteiger partial charge in [-0.15, -0.1) is 0 Å². The summed E-state index contributed by atoms with van der Waals surface area (Å²) in [7, 11) is 2.13. The van der Waals surface area contributed by atoms with Crippen LogP contribution in [-0.4, -0.2) is 37.4 Å². The predicted molar refractivity (Wildman–Crippen MR) is 284 cm³/mol. The minimum atomic E-state index is 0.729. The monoisotopic (exact) mass is 889 g/mol. The Morgan fingerprint density at radius 1 is 0.435 bits per heavy atom. The van der Waals surface area contributed by atoms with Crippen LogP contribution in [0.15, 0.2) is 213 Å². The molecule has 13 aromatic rings. The van der Waals surface area contributed by atoms with Crippen LogP contribution in [0.2, 0.25) is 0 Å². The van der Waals surface area contributed by atoms with E-state index < -0.39 is 0 Å². The van der Waals surface area contributed by atoms with Gasteiger partial charge in [0.05, 0.1) is 68.0 Å². The molecule has 1 aliphatic rings. The fraction of sp³-hybridized carbons (Fsp3) is 0.0492. The van der Waals surface area contributed by atoms with E-state index in [0.717, 1.165) is 102 Å². The highest BCUT2D eigenvalue weighted by Gasteiger charge is 2.26. The summed E-state index contributed by atoms with van der Waals surface area (Å²) in [6.07, 6.45) is 3.93. The minimum Gasteiger partial charge on any atom is -0.457 e. The number of anilines is 3. The Bertz CT molecular complexity index is 3980. The summed E-state index contributed by atoms with van der Waals surface area (Å²) in [4.78, 5) is 14.9. The first-order valence-electron chi connectivity index (χ1n) is 23.4. The maximum Gasteiger partial charge on any atom is 0.137 e. The zero-order valence-corrected chi connectivity index (χ0v) is 38.0. The molecule has 8 aromatic carbocycles. The standard InChI is InChI=1S/C61H43N7O/c1-39-34-59(68-57-30-15-33-62-61(57)47-32-31-42(36-58(47)68)69-41-17-13-16-40(35-41)65-38-64(2)53-26-11-12-27-54(53)65)63-37-48(39)60-55(66-49-22-7-3-18-43(49)44-19-4-8-23-50(44)66)28-14-29-56(60)67-51-24-9-5-20-45(51)46-21-6-10-25-52(46)67/h3-37H,38H2,1-2H3. The highest BCUT2D eigenvalue weighted by molar-refractivity contribution is 6.12.